The molecule has 0 amide bonds. The van der Waals surface area contributed by atoms with Gasteiger partial charge in [0.25, 0.3) is 0 Å². The molecule has 2 aromatic rings. The van der Waals surface area contributed by atoms with Crippen molar-refractivity contribution in [1.29, 1.82) is 0 Å². The van der Waals surface area contributed by atoms with Gasteiger partial charge >= 0.3 is 284 Å². The molecule has 2 saturated heterocycles. The van der Waals surface area contributed by atoms with E-state index in [2.05, 4.69) is 138 Å². The van der Waals surface area contributed by atoms with Gasteiger partial charge in [0.2, 0.25) is 0 Å². The van der Waals surface area contributed by atoms with E-state index < -0.39 is 16.6 Å². The first kappa shape index (κ1) is 39.1. The predicted octanol–water partition coefficient (Wildman–Crippen LogP) is 7.25. The van der Waals surface area contributed by atoms with Gasteiger partial charge in [0, 0.05) is 0 Å². The van der Waals surface area contributed by atoms with Gasteiger partial charge in [-0.05, 0) is 0 Å². The van der Waals surface area contributed by atoms with E-state index in [1.807, 2.05) is 0 Å². The standard InChI is InChI=1S/2C19H34NO2Si/c2*1-19(2,3)23(4,5)22-18-11-12-20(14-17(18)15-21)13-16-9-7-6-8-10-16/h2*6-10,17-18,21,23H,11-15H2,1-5H3/q2*-1/t2*17-,18+/m10/s1. The van der Waals surface area contributed by atoms with Gasteiger partial charge in [-0.25, -0.2) is 0 Å². The van der Waals surface area contributed by atoms with Crippen molar-refractivity contribution in [2.45, 2.75) is 116 Å². The molecule has 0 bridgehead atoms. The third-order valence-electron chi connectivity index (χ3n) is 11.7. The van der Waals surface area contributed by atoms with E-state index in [-0.39, 0.29) is 47.3 Å². The van der Waals surface area contributed by atoms with Crippen molar-refractivity contribution in [2.24, 2.45) is 11.8 Å². The van der Waals surface area contributed by atoms with Gasteiger partial charge < -0.3 is 0 Å². The maximum atomic E-state index is 9.86. The van der Waals surface area contributed by atoms with Crippen LogP contribution in [0.5, 0.6) is 0 Å². The second kappa shape index (κ2) is 16.8. The van der Waals surface area contributed by atoms with Crippen LogP contribution in [0, 0.1) is 11.8 Å². The topological polar surface area (TPSA) is 65.4 Å². The Morgan fingerprint density at radius 3 is 1.22 bits per heavy atom. The number of aliphatic hydroxyl groups excluding tert-OH is 2. The predicted molar refractivity (Wildman–Crippen MR) is 201 cm³/mol. The molecule has 0 spiro atoms. The average Bonchev–Trinajstić information content (AvgIpc) is 2.98. The van der Waals surface area contributed by atoms with Gasteiger partial charge in [0.05, 0.1) is 0 Å². The van der Waals surface area contributed by atoms with Crippen LogP contribution in [0.4, 0.5) is 0 Å². The summed E-state index contributed by atoms with van der Waals surface area (Å²) in [6.07, 6.45) is 2.48. The second-order valence-corrected chi connectivity index (χ2v) is 28.5. The Hall–Kier alpha value is -1.37. The van der Waals surface area contributed by atoms with Crippen molar-refractivity contribution in [3.8, 4) is 0 Å². The molecule has 0 unspecified atom stereocenters. The molecule has 0 aromatic heterocycles. The third-order valence-corrected chi connectivity index (χ3v) is 22.1. The monoisotopic (exact) mass is 672 g/mol. The molecular formula is C38H68N2O4Si2-2. The van der Waals surface area contributed by atoms with Crippen molar-refractivity contribution in [2.75, 3.05) is 39.4 Å². The normalized spacial score (nSPS) is 24.6. The Bertz CT molecular complexity index is 1060. The summed E-state index contributed by atoms with van der Waals surface area (Å²) in [5, 5.41) is 20.2. The molecule has 0 saturated carbocycles. The van der Waals surface area contributed by atoms with E-state index in [4.69, 9.17) is 8.85 Å². The molecule has 2 aliphatic heterocycles. The van der Waals surface area contributed by atoms with E-state index in [0.717, 1.165) is 52.1 Å². The fourth-order valence-electron chi connectivity index (χ4n) is 6.13. The summed E-state index contributed by atoms with van der Waals surface area (Å²) in [5.41, 5.74) is 2.68. The van der Waals surface area contributed by atoms with Gasteiger partial charge in [-0.1, -0.05) is 0 Å². The first-order valence-electron chi connectivity index (χ1n) is 18.0. The number of piperidine rings is 2. The van der Waals surface area contributed by atoms with E-state index >= 15 is 0 Å². The molecule has 264 valence electrons. The number of hydrogen-bond acceptors (Lipinski definition) is 6. The summed E-state index contributed by atoms with van der Waals surface area (Å²) in [5.74, 6) is 0.461. The molecule has 8 heteroatoms. The van der Waals surface area contributed by atoms with Crippen LogP contribution in [0.2, 0.25) is 36.3 Å². The maximum absolute atomic E-state index is 9.86. The van der Waals surface area contributed by atoms with Crippen LogP contribution in [0.25, 0.3) is 0 Å². The molecule has 46 heavy (non-hydrogen) atoms. The zero-order valence-electron chi connectivity index (χ0n) is 30.9. The molecule has 0 radical (unpaired) electrons. The van der Waals surface area contributed by atoms with Gasteiger partial charge in [-0.3, -0.25) is 0 Å². The Morgan fingerprint density at radius 2 is 0.935 bits per heavy atom. The van der Waals surface area contributed by atoms with Crippen molar-refractivity contribution in [1.82, 2.24) is 9.80 Å². The van der Waals surface area contributed by atoms with Crippen molar-refractivity contribution < 1.29 is 19.1 Å². The van der Waals surface area contributed by atoms with Crippen LogP contribution >= 0.6 is 0 Å². The molecular weight excluding hydrogens is 605 g/mol. The summed E-state index contributed by atoms with van der Waals surface area (Å²) in [6.45, 7) is 29.4. The number of nitrogens with zero attached hydrogens (tertiary/aromatic N) is 2. The van der Waals surface area contributed by atoms with Crippen LogP contribution in [-0.2, 0) is 21.9 Å². The first-order chi connectivity index (χ1) is 21.5. The molecule has 2 aromatic carbocycles. The van der Waals surface area contributed by atoms with Crippen LogP contribution in [0.15, 0.2) is 60.7 Å². The van der Waals surface area contributed by atoms with E-state index in [0.29, 0.717) is 0 Å². The quantitative estimate of drug-likeness (QED) is 0.260. The van der Waals surface area contributed by atoms with Crippen molar-refractivity contribution in [3.63, 3.8) is 0 Å². The minimum absolute atomic E-state index is 0.214. The van der Waals surface area contributed by atoms with Crippen molar-refractivity contribution in [3.05, 3.63) is 71.8 Å². The zero-order chi connectivity index (χ0) is 34.2. The average molecular weight is 673 g/mol. The summed E-state index contributed by atoms with van der Waals surface area (Å²) in [4.78, 5) is 4.90. The number of likely N-dealkylation sites (tertiary alicyclic amines) is 2. The van der Waals surface area contributed by atoms with Crippen LogP contribution in [-0.4, -0.2) is 88.2 Å². The molecule has 2 heterocycles. The Labute approximate surface area is 283 Å². The van der Waals surface area contributed by atoms with E-state index in [1.165, 1.54) is 11.1 Å². The summed E-state index contributed by atoms with van der Waals surface area (Å²) < 4.78 is 13.3. The molecule has 0 aliphatic carbocycles. The minimum atomic E-state index is -2.09. The van der Waals surface area contributed by atoms with Crippen LogP contribution < -0.4 is 0 Å². The van der Waals surface area contributed by atoms with Gasteiger partial charge in [0.1, 0.15) is 0 Å². The van der Waals surface area contributed by atoms with Gasteiger partial charge in [0.15, 0.2) is 0 Å². The Kier molecular flexibility index (Phi) is 14.3. The summed E-state index contributed by atoms with van der Waals surface area (Å²) >= 11 is 0. The Balaban J connectivity index is 0.000000250. The molecule has 2 fully saturated rings. The first-order valence-corrected chi connectivity index (χ1v) is 24.7. The summed E-state index contributed by atoms with van der Waals surface area (Å²) in [7, 11) is -4.18. The SMILES string of the molecule is CC(C)(C)[SiH-](C)(C)O[C@@H]1CCN(Cc2ccccc2)C[C@H]1CO.CC(C)(C)[SiH-](C)(C)O[C@H]1CCN(Cc2ccccc2)C[C@@H]1CO. The third kappa shape index (κ3) is 11.4. The second-order valence-electron chi connectivity index (χ2n) is 17.5. The van der Waals surface area contributed by atoms with Crippen molar-refractivity contribution >= 4 is 16.6 Å². The Morgan fingerprint density at radius 1 is 0.609 bits per heavy atom. The van der Waals surface area contributed by atoms with Gasteiger partial charge in [-0.2, -0.15) is 0 Å². The van der Waals surface area contributed by atoms with Crippen LogP contribution in [0.1, 0.15) is 65.5 Å². The summed E-state index contributed by atoms with van der Waals surface area (Å²) in [6, 6.07) is 21.2. The molecule has 2 N–H and O–H groups in total. The van der Waals surface area contributed by atoms with Crippen LogP contribution in [0.3, 0.4) is 0 Å². The fourth-order valence-corrected chi connectivity index (χ4v) is 9.41. The number of aliphatic hydroxyl groups is 2. The number of hydrogen-bond donors (Lipinski definition) is 2. The van der Waals surface area contributed by atoms with Gasteiger partial charge in [-0.15, -0.1) is 0 Å². The molecule has 2 aliphatic rings. The number of rotatable bonds is 10. The van der Waals surface area contributed by atoms with E-state index in [1.54, 1.807) is 0 Å². The molecule has 4 atom stereocenters. The molecule has 6 nitrogen and oxygen atoms in total. The number of benzene rings is 2. The fraction of sp³-hybridized carbons (Fsp3) is 0.684. The molecule has 4 rings (SSSR count). The zero-order valence-corrected chi connectivity index (χ0v) is 33.2. The van der Waals surface area contributed by atoms with E-state index in [9.17, 15) is 10.2 Å².